The summed E-state index contributed by atoms with van der Waals surface area (Å²) in [6, 6.07) is 16.3. The van der Waals surface area contributed by atoms with E-state index >= 15 is 0 Å². The summed E-state index contributed by atoms with van der Waals surface area (Å²) in [5.41, 5.74) is 2.20. The smallest absolute Gasteiger partial charge is 0.336 e. The number of H-pyrrole nitrogens is 1. The Morgan fingerprint density at radius 2 is 1.83 bits per heavy atom. The molecule has 16 nitrogen and oxygen atoms in total. The molecule has 21 heteroatoms. The quantitative estimate of drug-likeness (QED) is 0.0215. The van der Waals surface area contributed by atoms with E-state index in [2.05, 4.69) is 27.5 Å². The van der Waals surface area contributed by atoms with Gasteiger partial charge < -0.3 is 34.9 Å². The number of hydrogen-bond acceptors (Lipinski definition) is 12. The van der Waals surface area contributed by atoms with E-state index in [4.69, 9.17) is 9.15 Å². The van der Waals surface area contributed by atoms with Crippen molar-refractivity contribution in [2.45, 2.75) is 31.3 Å². The normalized spacial score (nSPS) is 16.2. The summed E-state index contributed by atoms with van der Waals surface area (Å²) in [6.07, 6.45) is 0.0423. The first-order valence-electron chi connectivity index (χ1n) is 19.6. The Kier molecular flexibility index (Phi) is 16.8. The van der Waals surface area contributed by atoms with E-state index in [9.17, 15) is 38.8 Å². The molecule has 0 radical (unpaired) electrons. The summed E-state index contributed by atoms with van der Waals surface area (Å²) < 4.78 is 26.1. The van der Waals surface area contributed by atoms with Crippen molar-refractivity contribution in [1.29, 1.82) is 0 Å². The number of benzene rings is 3. The summed E-state index contributed by atoms with van der Waals surface area (Å²) in [7, 11) is 11.3. The maximum Gasteiger partial charge on any atom is 0.336 e. The van der Waals surface area contributed by atoms with E-state index in [1.165, 1.54) is 38.4 Å². The second-order valence-electron chi connectivity index (χ2n) is 14.6. The molecule has 3 aliphatic rings. The van der Waals surface area contributed by atoms with Crippen LogP contribution in [0.5, 0.6) is 0 Å². The number of carboxylic acids is 1. The van der Waals surface area contributed by atoms with Crippen molar-refractivity contribution in [3.05, 3.63) is 104 Å². The molecule has 0 bridgehead atoms. The number of aromatic nitrogens is 2. The van der Waals surface area contributed by atoms with E-state index in [0.29, 0.717) is 55.0 Å². The van der Waals surface area contributed by atoms with Gasteiger partial charge in [-0.2, -0.15) is 0 Å². The highest BCUT2D eigenvalue weighted by Crippen LogP contribution is 2.48. The highest BCUT2D eigenvalue weighted by Gasteiger charge is 2.35. The van der Waals surface area contributed by atoms with Gasteiger partial charge in [0.1, 0.15) is 37.2 Å². The zero-order valence-corrected chi connectivity index (χ0v) is 39.2. The zero-order chi connectivity index (χ0) is 45.2. The standard InChI is InChI=1S/C42H45N6O10P3S2/c1-46(2)26-8-11-29-33(19-26)57-34-20-27(47(3)4)9-12-30(34)38(29)28-10-7-24(18-31(28)41(53)54)39(51)44-15-17-63-62-16-13-36(50)43-14-5-6-25-22-48(42(55)45-40(25)52)37-21-32(49)35(58-37)23-59-61-60-56/h7-12,18-20,22,32,35,37,49,59,61H,13-17,21,23H2,1-4H3,(H3-,43,44,45,50,51,52,53,54,55)/p+1. The highest BCUT2D eigenvalue weighted by atomic mass is 33.1. The van der Waals surface area contributed by atoms with Crippen LogP contribution in [-0.2, 0) is 14.1 Å². The Balaban J connectivity index is 0.988. The topological polar surface area (TPSA) is 216 Å². The average molecular weight is 952 g/mol. The molecule has 5 N–H and O–H groups in total. The highest BCUT2D eigenvalue weighted by molar-refractivity contribution is 8.76. The number of aliphatic hydroxyl groups excluding tert-OH is 1. The number of nitrogens with one attached hydrogen (secondary N) is 3. The van der Waals surface area contributed by atoms with Crippen LogP contribution in [0.2, 0.25) is 0 Å². The van der Waals surface area contributed by atoms with Crippen LogP contribution in [0.4, 0.5) is 5.69 Å². The molecule has 330 valence electrons. The molecule has 63 heavy (non-hydrogen) atoms. The number of fused-ring (bicyclic) bond motifs is 2. The summed E-state index contributed by atoms with van der Waals surface area (Å²) in [6.45, 7) is 0.278. The molecule has 5 atom stereocenters. The largest absolute Gasteiger partial charge is 0.478 e. The Morgan fingerprint density at radius 1 is 1.05 bits per heavy atom. The molecule has 1 aromatic heterocycles. The number of hydrogen-bond donors (Lipinski definition) is 5. The third-order valence-electron chi connectivity index (χ3n) is 9.98. The molecular weight excluding hydrogens is 906 g/mol. The number of aliphatic hydroxyl groups is 1. The second-order valence-corrected chi connectivity index (χ2v) is 22.8. The lowest BCUT2D eigenvalue weighted by Gasteiger charge is -2.19. The average Bonchev–Trinajstić information content (AvgIpc) is 3.62. The lowest BCUT2D eigenvalue weighted by atomic mass is 9.89. The molecule has 3 aromatic rings. The van der Waals surface area contributed by atoms with Crippen LogP contribution in [0.15, 0.2) is 74.8 Å². The first-order valence-corrected chi connectivity index (χ1v) is 26.9. The van der Waals surface area contributed by atoms with Crippen molar-refractivity contribution in [3.63, 3.8) is 0 Å². The fourth-order valence-corrected chi connectivity index (χ4v) is 11.9. The number of ether oxygens (including phenoxy) is 1. The molecule has 0 spiro atoms. The Hall–Kier alpha value is -4.84. The van der Waals surface area contributed by atoms with Crippen LogP contribution in [0.3, 0.4) is 0 Å². The van der Waals surface area contributed by atoms with Gasteiger partial charge in [0.25, 0.3) is 11.5 Å². The van der Waals surface area contributed by atoms with Crippen molar-refractivity contribution < 1.29 is 38.3 Å². The molecule has 2 aromatic carbocycles. The van der Waals surface area contributed by atoms with Crippen molar-refractivity contribution in [2.75, 3.05) is 63.8 Å². The van der Waals surface area contributed by atoms with E-state index in [1.54, 1.807) is 12.1 Å². The first-order chi connectivity index (χ1) is 30.2. The number of carbonyl (C=O) groups is 3. The number of nitrogens with zero attached hydrogens (tertiary/aromatic N) is 3. The minimum Gasteiger partial charge on any atom is -0.478 e. The Morgan fingerprint density at radius 3 is 2.57 bits per heavy atom. The third kappa shape index (κ3) is 12.0. The Bertz CT molecular complexity index is 2760. The third-order valence-corrected chi connectivity index (χ3v) is 16.8. The van der Waals surface area contributed by atoms with Gasteiger partial charge >= 0.3 is 11.7 Å². The van der Waals surface area contributed by atoms with Gasteiger partial charge in [0, 0.05) is 91.1 Å². The molecule has 1 fully saturated rings. The molecule has 2 aliphatic heterocycles. The van der Waals surface area contributed by atoms with Gasteiger partial charge in [0.05, 0.1) is 30.4 Å². The molecule has 1 saturated heterocycles. The molecule has 6 rings (SSSR count). The van der Waals surface area contributed by atoms with E-state index in [-0.39, 0.29) is 58.1 Å². The molecule has 5 unspecified atom stereocenters. The van der Waals surface area contributed by atoms with Gasteiger partial charge in [0.15, 0.2) is 8.15 Å². The van der Waals surface area contributed by atoms with E-state index < -0.39 is 41.6 Å². The van der Waals surface area contributed by atoms with E-state index in [0.717, 1.165) is 22.0 Å². The van der Waals surface area contributed by atoms with Gasteiger partial charge in [-0.3, -0.25) is 28.5 Å². The SMILES string of the molecule is CN(C)c1ccc2c(-c3ccc(C(=O)NCCSSCCC(=O)NCC#Cc4cn(C5CC(O)C(CPPP=O)O5)c(=O)[nH]c4=O)cc3C(=O)O)c3ccc(=[N+](C)C)cc-3oc2c1. The predicted molar refractivity (Wildman–Crippen MR) is 253 cm³/mol. The zero-order valence-electron chi connectivity index (χ0n) is 34.7. The van der Waals surface area contributed by atoms with Crippen LogP contribution in [-0.4, -0.2) is 109 Å². The van der Waals surface area contributed by atoms with Crippen LogP contribution in [0.1, 0.15) is 45.3 Å². The number of aromatic amines is 1. The fraction of sp³-hybridized carbons (Fsp3) is 0.333. The van der Waals surface area contributed by atoms with E-state index in [1.807, 2.05) is 74.1 Å². The van der Waals surface area contributed by atoms with Crippen molar-refractivity contribution >= 4 is 80.4 Å². The molecule has 2 amide bonds. The number of amides is 2. The van der Waals surface area contributed by atoms with Crippen LogP contribution >= 0.6 is 46.0 Å². The summed E-state index contributed by atoms with van der Waals surface area (Å²) in [5.74, 6) is 5.18. The molecule has 3 heterocycles. The fourth-order valence-electron chi connectivity index (χ4n) is 6.76. The second kappa shape index (κ2) is 22.2. The minimum atomic E-state index is -1.17. The lowest BCUT2D eigenvalue weighted by molar-refractivity contribution is -0.120. The number of anilines is 1. The van der Waals surface area contributed by atoms with Crippen molar-refractivity contribution in [1.82, 2.24) is 24.8 Å². The monoisotopic (exact) mass is 951 g/mol. The number of carboxylic acid groups (broad SMARTS) is 1. The van der Waals surface area contributed by atoms with Gasteiger partial charge in [-0.05, 0) is 50.0 Å². The van der Waals surface area contributed by atoms with Crippen LogP contribution < -0.4 is 36.7 Å². The lowest BCUT2D eigenvalue weighted by Crippen LogP contribution is -2.33. The van der Waals surface area contributed by atoms with Crippen LogP contribution in [0, 0.1) is 11.8 Å². The van der Waals surface area contributed by atoms with Crippen LogP contribution in [0.25, 0.3) is 33.4 Å². The summed E-state index contributed by atoms with van der Waals surface area (Å²) >= 11 is 0. The maximum atomic E-state index is 13.2. The summed E-state index contributed by atoms with van der Waals surface area (Å²) in [5, 5.41) is 28.0. The number of carbonyl (C=O) groups excluding carboxylic acids is 2. The minimum absolute atomic E-state index is 0.00129. The molecule has 0 saturated carbocycles. The van der Waals surface area contributed by atoms with Gasteiger partial charge in [-0.25, -0.2) is 14.2 Å². The van der Waals surface area contributed by atoms with Gasteiger partial charge in [-0.15, -0.1) is 0 Å². The van der Waals surface area contributed by atoms with Gasteiger partial charge in [0.2, 0.25) is 11.3 Å². The number of aromatic carboxylic acids is 1. The molecule has 1 aliphatic carbocycles. The number of rotatable bonds is 17. The molecular formula is C42H46N6O10P3S2+. The van der Waals surface area contributed by atoms with Crippen molar-refractivity contribution in [3.8, 4) is 34.3 Å². The summed E-state index contributed by atoms with van der Waals surface area (Å²) in [4.78, 5) is 67.4. The van der Waals surface area contributed by atoms with Crippen molar-refractivity contribution in [2.24, 2.45) is 0 Å². The first kappa shape index (κ1) is 47.6. The van der Waals surface area contributed by atoms with Gasteiger partial charge in [-0.1, -0.05) is 47.8 Å². The maximum absolute atomic E-state index is 13.2. The Labute approximate surface area is 375 Å². The predicted octanol–water partition coefficient (Wildman–Crippen LogP) is 4.65.